The van der Waals surface area contributed by atoms with Crippen molar-refractivity contribution in [1.29, 1.82) is 0 Å². The van der Waals surface area contributed by atoms with Gasteiger partial charge < -0.3 is 20.3 Å². The van der Waals surface area contributed by atoms with E-state index in [1.807, 2.05) is 38.7 Å². The van der Waals surface area contributed by atoms with Gasteiger partial charge in [0.25, 0.3) is 0 Å². The minimum atomic E-state index is -0.630. The smallest absolute Gasteiger partial charge is 0.301 e. The Hall–Kier alpha value is -4.44. The molecule has 1 aromatic carbocycles. The van der Waals surface area contributed by atoms with E-state index in [4.69, 9.17) is 27.1 Å². The summed E-state index contributed by atoms with van der Waals surface area (Å²) >= 11 is 6.50. The number of carbonyl (C=O) groups excluding carboxylic acids is 1. The van der Waals surface area contributed by atoms with Crippen molar-refractivity contribution in [2.24, 2.45) is 0 Å². The number of rotatable bonds is 4. The van der Waals surface area contributed by atoms with E-state index >= 15 is 4.39 Å². The standard InChI is InChI=1S/C32H32ClFN6O3/c1-6-25(41)38-14-20-15-43-30-29(39(20)13-18(38)5)22-12-24(34)27(21-11-19(35)7-8-23(21)33)37-31(22)40(32(30)42)28-17(4)9-10-36-26(28)16(2)3/h6-12,16,18,20H,1,13-15,35H2,2-5H3. The van der Waals surface area contributed by atoms with Crippen LogP contribution in [0.4, 0.5) is 15.8 Å². The number of amides is 1. The Morgan fingerprint density at radius 1 is 1.23 bits per heavy atom. The largest absolute Gasteiger partial charge is 0.484 e. The summed E-state index contributed by atoms with van der Waals surface area (Å²) in [4.78, 5) is 40.3. The molecule has 43 heavy (non-hydrogen) atoms. The fraction of sp³-hybridized carbons (Fsp3) is 0.312. The van der Waals surface area contributed by atoms with Crippen molar-refractivity contribution in [2.75, 3.05) is 30.3 Å². The average molecular weight is 603 g/mol. The first-order valence-corrected chi connectivity index (χ1v) is 14.5. The molecule has 2 aliphatic heterocycles. The number of nitrogen functional groups attached to an aromatic ring is 1. The first-order chi connectivity index (χ1) is 20.5. The second-order valence-electron chi connectivity index (χ2n) is 11.4. The lowest BCUT2D eigenvalue weighted by Crippen LogP contribution is -2.62. The normalized spacial score (nSPS) is 17.9. The van der Waals surface area contributed by atoms with E-state index < -0.39 is 11.4 Å². The summed E-state index contributed by atoms with van der Waals surface area (Å²) in [5, 5.41) is 0.668. The summed E-state index contributed by atoms with van der Waals surface area (Å²) in [6.45, 7) is 12.4. The predicted molar refractivity (Wildman–Crippen MR) is 167 cm³/mol. The second-order valence-corrected chi connectivity index (χ2v) is 11.8. The number of hydrogen-bond donors (Lipinski definition) is 1. The summed E-state index contributed by atoms with van der Waals surface area (Å²) in [6.07, 6.45) is 3.00. The number of hydrogen-bond acceptors (Lipinski definition) is 7. The lowest BCUT2D eigenvalue weighted by molar-refractivity contribution is -0.129. The molecule has 0 spiro atoms. The summed E-state index contributed by atoms with van der Waals surface area (Å²) < 4.78 is 23.8. The fourth-order valence-corrected chi connectivity index (χ4v) is 6.33. The zero-order chi connectivity index (χ0) is 30.7. The first-order valence-electron chi connectivity index (χ1n) is 14.1. The van der Waals surface area contributed by atoms with Gasteiger partial charge in [-0.05, 0) is 61.7 Å². The maximum absolute atomic E-state index is 16.1. The zero-order valence-corrected chi connectivity index (χ0v) is 25.2. The van der Waals surface area contributed by atoms with E-state index in [2.05, 4.69) is 11.6 Å². The van der Waals surface area contributed by atoms with Gasteiger partial charge in [0.1, 0.15) is 18.1 Å². The van der Waals surface area contributed by atoms with Crippen molar-refractivity contribution in [2.45, 2.75) is 45.7 Å². The highest BCUT2D eigenvalue weighted by Gasteiger charge is 2.41. The van der Waals surface area contributed by atoms with E-state index in [-0.39, 0.29) is 52.6 Å². The first kappa shape index (κ1) is 28.7. The van der Waals surface area contributed by atoms with Crippen LogP contribution >= 0.6 is 11.6 Å². The monoisotopic (exact) mass is 602 g/mol. The van der Waals surface area contributed by atoms with Gasteiger partial charge in [-0.3, -0.25) is 19.1 Å². The molecule has 1 saturated heterocycles. The molecular formula is C32H32ClFN6O3. The second kappa shape index (κ2) is 10.7. The molecule has 4 aromatic rings. The molecule has 222 valence electrons. The van der Waals surface area contributed by atoms with Crippen molar-refractivity contribution < 1.29 is 13.9 Å². The summed E-state index contributed by atoms with van der Waals surface area (Å²) in [5.74, 6) is -0.732. The Kier molecular flexibility index (Phi) is 7.12. The number of nitrogens with two attached hydrogens (primary N) is 1. The topological polar surface area (TPSA) is 107 Å². The SMILES string of the molecule is C=CC(=O)N1CC2COc3c(c4cc(F)c(-c5cc(N)ccc5Cl)nc4n(-c4c(C)ccnc4C(C)C)c3=O)N2CC1C. The van der Waals surface area contributed by atoms with E-state index in [9.17, 15) is 9.59 Å². The van der Waals surface area contributed by atoms with Gasteiger partial charge in [0.05, 0.1) is 28.1 Å². The lowest BCUT2D eigenvalue weighted by atomic mass is 10.0. The van der Waals surface area contributed by atoms with Crippen LogP contribution in [0.3, 0.4) is 0 Å². The minimum absolute atomic E-state index is 0.0298. The van der Waals surface area contributed by atoms with E-state index in [1.54, 1.807) is 29.3 Å². The number of aryl methyl sites for hydroxylation is 1. The van der Waals surface area contributed by atoms with Crippen LogP contribution in [0.1, 0.15) is 37.9 Å². The average Bonchev–Trinajstić information content (AvgIpc) is 2.98. The Bertz CT molecular complexity index is 1870. The highest BCUT2D eigenvalue weighted by atomic mass is 35.5. The summed E-state index contributed by atoms with van der Waals surface area (Å²) in [6, 6.07) is 7.53. The highest BCUT2D eigenvalue weighted by molar-refractivity contribution is 6.33. The maximum atomic E-state index is 16.1. The predicted octanol–water partition coefficient (Wildman–Crippen LogP) is 5.24. The molecule has 2 unspecified atom stereocenters. The number of anilines is 2. The van der Waals surface area contributed by atoms with Crippen LogP contribution < -0.4 is 20.9 Å². The molecule has 2 N–H and O–H groups in total. The van der Waals surface area contributed by atoms with E-state index in [0.29, 0.717) is 46.8 Å². The van der Waals surface area contributed by atoms with Crippen molar-refractivity contribution in [3.63, 3.8) is 0 Å². The zero-order valence-electron chi connectivity index (χ0n) is 24.4. The molecule has 9 nitrogen and oxygen atoms in total. The summed E-state index contributed by atoms with van der Waals surface area (Å²) in [5.41, 5.74) is 9.02. The molecular weight excluding hydrogens is 571 g/mol. The Balaban J connectivity index is 1.69. The molecule has 0 bridgehead atoms. The van der Waals surface area contributed by atoms with Gasteiger partial charge in [-0.15, -0.1) is 0 Å². The van der Waals surface area contributed by atoms with E-state index in [1.165, 1.54) is 16.7 Å². The fourth-order valence-electron chi connectivity index (χ4n) is 6.12. The van der Waals surface area contributed by atoms with Crippen molar-refractivity contribution in [1.82, 2.24) is 19.4 Å². The van der Waals surface area contributed by atoms with Crippen LogP contribution in [0, 0.1) is 12.7 Å². The molecule has 5 heterocycles. The molecule has 2 atom stereocenters. The number of pyridine rings is 3. The van der Waals surface area contributed by atoms with Crippen LogP contribution in [-0.2, 0) is 4.79 Å². The highest BCUT2D eigenvalue weighted by Crippen LogP contribution is 2.42. The lowest BCUT2D eigenvalue weighted by Gasteiger charge is -2.48. The Labute approximate surface area is 253 Å². The molecule has 2 aliphatic rings. The van der Waals surface area contributed by atoms with Crippen molar-refractivity contribution in [3.05, 3.63) is 81.6 Å². The number of piperazine rings is 1. The third-order valence-corrected chi connectivity index (χ3v) is 8.54. The molecule has 11 heteroatoms. The third-order valence-electron chi connectivity index (χ3n) is 8.21. The van der Waals surface area contributed by atoms with Crippen molar-refractivity contribution in [3.8, 4) is 22.7 Å². The van der Waals surface area contributed by atoms with Crippen LogP contribution in [0.15, 0.2) is 54.0 Å². The summed E-state index contributed by atoms with van der Waals surface area (Å²) in [7, 11) is 0. The third kappa shape index (κ3) is 4.60. The molecule has 3 aromatic heterocycles. The number of halogens is 2. The quantitative estimate of drug-likeness (QED) is 0.251. The molecule has 0 radical (unpaired) electrons. The van der Waals surface area contributed by atoms with Gasteiger partial charge in [-0.1, -0.05) is 32.0 Å². The van der Waals surface area contributed by atoms with Gasteiger partial charge in [0.2, 0.25) is 11.7 Å². The van der Waals surface area contributed by atoms with Gasteiger partial charge in [-0.25, -0.2) is 9.37 Å². The number of benzene rings is 1. The minimum Gasteiger partial charge on any atom is -0.484 e. The van der Waals surface area contributed by atoms with Crippen molar-refractivity contribution >= 4 is 39.9 Å². The molecule has 0 saturated carbocycles. The van der Waals surface area contributed by atoms with Gasteiger partial charge >= 0.3 is 5.56 Å². The number of nitrogens with zero attached hydrogens (tertiary/aromatic N) is 5. The molecule has 0 aliphatic carbocycles. The van der Waals surface area contributed by atoms with Crippen LogP contribution in [0.5, 0.6) is 5.75 Å². The number of ether oxygens (including phenoxy) is 1. The Morgan fingerprint density at radius 2 is 2.00 bits per heavy atom. The molecule has 1 fully saturated rings. The van der Waals surface area contributed by atoms with Gasteiger partial charge in [0.15, 0.2) is 5.65 Å². The van der Waals surface area contributed by atoms with Crippen LogP contribution in [0.2, 0.25) is 5.02 Å². The number of aromatic nitrogens is 3. The number of carbonyl (C=O) groups is 1. The van der Waals surface area contributed by atoms with Crippen LogP contribution in [0.25, 0.3) is 28.0 Å². The Morgan fingerprint density at radius 3 is 2.72 bits per heavy atom. The van der Waals surface area contributed by atoms with E-state index in [0.717, 1.165) is 5.56 Å². The number of fused-ring (bicyclic) bond motifs is 5. The van der Waals surface area contributed by atoms with Crippen LogP contribution in [-0.4, -0.2) is 57.1 Å². The molecule has 6 rings (SSSR count). The van der Waals surface area contributed by atoms with Gasteiger partial charge in [0, 0.05) is 42.0 Å². The van der Waals surface area contributed by atoms with Gasteiger partial charge in [-0.2, -0.15) is 0 Å². The molecule has 1 amide bonds. The maximum Gasteiger partial charge on any atom is 0.301 e.